The van der Waals surface area contributed by atoms with Crippen molar-refractivity contribution in [1.29, 1.82) is 0 Å². The molecule has 12 heteroatoms. The fourth-order valence-electron chi connectivity index (χ4n) is 3.09. The molecule has 0 saturated heterocycles. The molecule has 0 aliphatic carbocycles. The number of hydrogen-bond donors (Lipinski definition) is 4. The fraction of sp³-hybridized carbons (Fsp3) is 0.333. The van der Waals surface area contributed by atoms with Gasteiger partial charge < -0.3 is 21.1 Å². The number of carbonyl (C=O) groups excluding carboxylic acids is 1. The molecule has 33 heavy (non-hydrogen) atoms. The molecule has 0 aliphatic heterocycles. The van der Waals surface area contributed by atoms with Gasteiger partial charge in [0.1, 0.15) is 5.69 Å². The average Bonchev–Trinajstić information content (AvgIpc) is 3.18. The number of aliphatic hydroxyl groups is 1. The molecule has 176 valence electrons. The first-order valence-corrected chi connectivity index (χ1v) is 10.1. The third-order valence-electron chi connectivity index (χ3n) is 4.60. The first-order chi connectivity index (χ1) is 15.7. The maximum absolute atomic E-state index is 13.4. The van der Waals surface area contributed by atoms with E-state index in [1.165, 1.54) is 11.6 Å². The standard InChI is InChI=1S/C21H24F3N7O2/c1-11(32)4-17(33)29-19-12(2)28-21(30-20(19)25-3)26-7-14-8-27-31(10-14)9-13-5-15(22)18(24)16(23)6-13/h5-6,8,10-11,32H,4,7,9H2,1-3H3,(H,29,33)(H2,25,26,28,30)/t11-/m1/s1. The van der Waals surface area contributed by atoms with E-state index in [0.717, 1.165) is 17.7 Å². The molecular weight excluding hydrogens is 439 g/mol. The summed E-state index contributed by atoms with van der Waals surface area (Å²) >= 11 is 0. The summed E-state index contributed by atoms with van der Waals surface area (Å²) in [5.41, 5.74) is 1.92. The highest BCUT2D eigenvalue weighted by Crippen LogP contribution is 2.24. The van der Waals surface area contributed by atoms with Crippen LogP contribution in [-0.2, 0) is 17.9 Å². The molecule has 0 aliphatic rings. The lowest BCUT2D eigenvalue weighted by atomic mass is 10.2. The summed E-state index contributed by atoms with van der Waals surface area (Å²) in [7, 11) is 1.65. The summed E-state index contributed by atoms with van der Waals surface area (Å²) in [6, 6.07) is 1.85. The van der Waals surface area contributed by atoms with Crippen molar-refractivity contribution in [2.24, 2.45) is 0 Å². The van der Waals surface area contributed by atoms with Crippen LogP contribution in [0.4, 0.5) is 30.6 Å². The first-order valence-electron chi connectivity index (χ1n) is 10.1. The Labute approximate surface area is 188 Å². The van der Waals surface area contributed by atoms with Crippen molar-refractivity contribution in [3.05, 3.63) is 58.8 Å². The summed E-state index contributed by atoms with van der Waals surface area (Å²) in [4.78, 5) is 20.7. The number of aliphatic hydroxyl groups excluding tert-OH is 1. The van der Waals surface area contributed by atoms with E-state index in [1.54, 1.807) is 26.4 Å². The highest BCUT2D eigenvalue weighted by Gasteiger charge is 2.15. The van der Waals surface area contributed by atoms with Crippen LogP contribution in [0, 0.1) is 24.4 Å². The second kappa shape index (κ2) is 10.3. The van der Waals surface area contributed by atoms with Crippen molar-refractivity contribution < 1.29 is 23.1 Å². The molecule has 2 heterocycles. The zero-order chi connectivity index (χ0) is 24.1. The van der Waals surface area contributed by atoms with Crippen LogP contribution < -0.4 is 16.0 Å². The lowest BCUT2D eigenvalue weighted by Crippen LogP contribution is -2.20. The number of hydrogen-bond acceptors (Lipinski definition) is 7. The molecule has 9 nitrogen and oxygen atoms in total. The van der Waals surface area contributed by atoms with E-state index in [9.17, 15) is 23.1 Å². The topological polar surface area (TPSA) is 117 Å². The molecule has 0 fully saturated rings. The van der Waals surface area contributed by atoms with Gasteiger partial charge in [0.15, 0.2) is 23.3 Å². The number of rotatable bonds is 9. The molecule has 0 unspecified atom stereocenters. The molecule has 3 aromatic rings. The number of carbonyl (C=O) groups is 1. The number of amides is 1. The van der Waals surface area contributed by atoms with E-state index in [0.29, 0.717) is 29.7 Å². The number of nitrogens with zero attached hydrogens (tertiary/aromatic N) is 4. The van der Waals surface area contributed by atoms with Gasteiger partial charge in [0.05, 0.1) is 31.0 Å². The van der Waals surface area contributed by atoms with E-state index in [2.05, 4.69) is 31.0 Å². The van der Waals surface area contributed by atoms with Crippen LogP contribution in [0.25, 0.3) is 0 Å². The zero-order valence-corrected chi connectivity index (χ0v) is 18.3. The Balaban J connectivity index is 1.66. The predicted octanol–water partition coefficient (Wildman–Crippen LogP) is 2.81. The Bertz CT molecular complexity index is 1130. The van der Waals surface area contributed by atoms with Crippen LogP contribution in [0.5, 0.6) is 0 Å². The molecular formula is C21H24F3N7O2. The van der Waals surface area contributed by atoms with Crippen molar-refractivity contribution in [2.75, 3.05) is 23.0 Å². The smallest absolute Gasteiger partial charge is 0.227 e. The summed E-state index contributed by atoms with van der Waals surface area (Å²) in [6.07, 6.45) is 2.42. The molecule has 4 N–H and O–H groups in total. The number of aryl methyl sites for hydroxylation is 1. The normalized spacial score (nSPS) is 11.8. The Morgan fingerprint density at radius 1 is 1.18 bits per heavy atom. The molecule has 1 atom stereocenters. The average molecular weight is 463 g/mol. The zero-order valence-electron chi connectivity index (χ0n) is 18.3. The van der Waals surface area contributed by atoms with Crippen molar-refractivity contribution in [3.63, 3.8) is 0 Å². The second-order valence-electron chi connectivity index (χ2n) is 7.48. The van der Waals surface area contributed by atoms with Gasteiger partial charge in [-0.05, 0) is 31.5 Å². The van der Waals surface area contributed by atoms with E-state index in [4.69, 9.17) is 0 Å². The minimum Gasteiger partial charge on any atom is -0.393 e. The van der Waals surface area contributed by atoms with E-state index in [-0.39, 0.29) is 24.4 Å². The Morgan fingerprint density at radius 2 is 1.88 bits per heavy atom. The third-order valence-corrected chi connectivity index (χ3v) is 4.60. The van der Waals surface area contributed by atoms with Crippen molar-refractivity contribution in [2.45, 2.75) is 39.5 Å². The molecule has 3 rings (SSSR count). The quantitative estimate of drug-likeness (QED) is 0.361. The van der Waals surface area contributed by atoms with E-state index < -0.39 is 23.6 Å². The molecule has 0 spiro atoms. The Morgan fingerprint density at radius 3 is 2.52 bits per heavy atom. The molecule has 2 aromatic heterocycles. The maximum Gasteiger partial charge on any atom is 0.227 e. The summed E-state index contributed by atoms with van der Waals surface area (Å²) < 4.78 is 41.4. The predicted molar refractivity (Wildman–Crippen MR) is 116 cm³/mol. The van der Waals surface area contributed by atoms with Crippen LogP contribution in [0.2, 0.25) is 0 Å². The molecule has 0 saturated carbocycles. The largest absolute Gasteiger partial charge is 0.393 e. The van der Waals surface area contributed by atoms with Gasteiger partial charge in [-0.3, -0.25) is 9.48 Å². The lowest BCUT2D eigenvalue weighted by molar-refractivity contribution is -0.117. The van der Waals surface area contributed by atoms with E-state index >= 15 is 0 Å². The second-order valence-corrected chi connectivity index (χ2v) is 7.48. The Kier molecular flexibility index (Phi) is 7.48. The molecule has 0 bridgehead atoms. The summed E-state index contributed by atoms with van der Waals surface area (Å²) in [6.45, 7) is 3.61. The first kappa shape index (κ1) is 24.0. The van der Waals surface area contributed by atoms with E-state index in [1.807, 2.05) is 0 Å². The molecule has 0 radical (unpaired) electrons. The SMILES string of the molecule is CNc1nc(NCc2cnn(Cc3cc(F)c(F)c(F)c3)c2)nc(C)c1NC(=O)C[C@@H](C)O. The minimum atomic E-state index is -1.51. The monoisotopic (exact) mass is 463 g/mol. The van der Waals surface area contributed by atoms with Crippen LogP contribution >= 0.6 is 0 Å². The highest BCUT2D eigenvalue weighted by molar-refractivity contribution is 5.94. The number of aromatic nitrogens is 4. The number of benzene rings is 1. The minimum absolute atomic E-state index is 0.0518. The highest BCUT2D eigenvalue weighted by atomic mass is 19.2. The van der Waals surface area contributed by atoms with Crippen LogP contribution in [-0.4, -0.2) is 43.9 Å². The number of anilines is 3. The van der Waals surface area contributed by atoms with Gasteiger partial charge in [0.2, 0.25) is 11.9 Å². The van der Waals surface area contributed by atoms with Crippen LogP contribution in [0.1, 0.15) is 30.2 Å². The molecule has 1 aromatic carbocycles. The summed E-state index contributed by atoms with van der Waals surface area (Å²) in [5.74, 6) is -3.66. The van der Waals surface area contributed by atoms with Gasteiger partial charge in [-0.1, -0.05) is 0 Å². The van der Waals surface area contributed by atoms with Gasteiger partial charge in [0.25, 0.3) is 0 Å². The molecule has 1 amide bonds. The van der Waals surface area contributed by atoms with Gasteiger partial charge in [-0.25, -0.2) is 18.2 Å². The van der Waals surface area contributed by atoms with Crippen LogP contribution in [0.3, 0.4) is 0 Å². The van der Waals surface area contributed by atoms with Gasteiger partial charge >= 0.3 is 0 Å². The fourth-order valence-corrected chi connectivity index (χ4v) is 3.09. The van der Waals surface area contributed by atoms with Crippen LogP contribution in [0.15, 0.2) is 24.5 Å². The van der Waals surface area contributed by atoms with Gasteiger partial charge in [0, 0.05) is 25.4 Å². The maximum atomic E-state index is 13.4. The van der Waals surface area contributed by atoms with Crippen molar-refractivity contribution in [1.82, 2.24) is 19.7 Å². The number of halogens is 3. The van der Waals surface area contributed by atoms with Gasteiger partial charge in [-0.15, -0.1) is 0 Å². The third kappa shape index (κ3) is 6.19. The Hall–Kier alpha value is -3.67. The number of nitrogens with one attached hydrogen (secondary N) is 3. The van der Waals surface area contributed by atoms with Crippen molar-refractivity contribution in [3.8, 4) is 0 Å². The summed E-state index contributed by atoms with van der Waals surface area (Å²) in [5, 5.41) is 22.2. The lowest BCUT2D eigenvalue weighted by Gasteiger charge is -2.15. The van der Waals surface area contributed by atoms with Crippen molar-refractivity contribution >= 4 is 23.4 Å². The van der Waals surface area contributed by atoms with Gasteiger partial charge in [-0.2, -0.15) is 10.1 Å².